The van der Waals surface area contributed by atoms with Crippen molar-refractivity contribution in [1.82, 2.24) is 0 Å². The third kappa shape index (κ3) is 4.19. The molecule has 0 rings (SSSR count). The van der Waals surface area contributed by atoms with Crippen LogP contribution in [0, 0.1) is 0 Å². The zero-order valence-electron chi connectivity index (χ0n) is 2.88. The summed E-state index contributed by atoms with van der Waals surface area (Å²) in [6.45, 7) is 1.58. The second kappa shape index (κ2) is 2.43. The SMILES string of the molecule is CC=[As](=O)O. The molecule has 1 N–H and O–H groups in total. The molecule has 0 amide bonds. The zero-order chi connectivity index (χ0) is 4.28. The third-order valence-electron chi connectivity index (χ3n) is 0.221. The molecule has 5 heavy (non-hydrogen) atoms. The van der Waals surface area contributed by atoms with Crippen molar-refractivity contribution in [2.45, 2.75) is 6.92 Å². The Balaban J connectivity index is 3.62. The van der Waals surface area contributed by atoms with E-state index in [9.17, 15) is 3.74 Å². The molecule has 3 heteroatoms. The number of rotatable bonds is 0. The van der Waals surface area contributed by atoms with E-state index in [1.807, 2.05) is 0 Å². The molecule has 0 aromatic carbocycles. The average molecular weight is 136 g/mol. The molecule has 0 aliphatic rings. The molecule has 30 valence electrons. The molecule has 0 spiro atoms. The maximum atomic E-state index is 9.54. The van der Waals surface area contributed by atoms with Crippen LogP contribution < -0.4 is 0 Å². The third-order valence-corrected chi connectivity index (χ3v) is 1.15. The summed E-state index contributed by atoms with van der Waals surface area (Å²) in [7, 11) is 0. The van der Waals surface area contributed by atoms with E-state index >= 15 is 0 Å². The second-order valence-electron chi connectivity index (χ2n) is 0.561. The van der Waals surface area contributed by atoms with Crippen LogP contribution in [0.15, 0.2) is 0 Å². The Bertz CT molecular complexity index is 79.6. The Labute approximate surface area is 34.8 Å². The molecule has 0 aromatic rings. The van der Waals surface area contributed by atoms with E-state index in [4.69, 9.17) is 4.10 Å². The van der Waals surface area contributed by atoms with Crippen molar-refractivity contribution in [2.75, 3.05) is 0 Å². The van der Waals surface area contributed by atoms with Crippen molar-refractivity contribution >= 4 is 19.3 Å². The molecule has 0 heterocycles. The van der Waals surface area contributed by atoms with E-state index in [1.165, 1.54) is 4.81 Å². The molecule has 0 aliphatic heterocycles. The van der Waals surface area contributed by atoms with Crippen LogP contribution in [-0.2, 0) is 3.74 Å². The minimum atomic E-state index is -2.58. The van der Waals surface area contributed by atoms with E-state index < -0.39 is 14.5 Å². The van der Waals surface area contributed by atoms with Crippen LogP contribution in [0.5, 0.6) is 0 Å². The van der Waals surface area contributed by atoms with Crippen molar-refractivity contribution in [3.63, 3.8) is 0 Å². The Morgan fingerprint density at radius 3 is 2.20 bits per heavy atom. The Kier molecular flexibility index (Phi) is 2.52. The van der Waals surface area contributed by atoms with Gasteiger partial charge in [0.15, 0.2) is 0 Å². The van der Waals surface area contributed by atoms with Crippen LogP contribution >= 0.6 is 0 Å². The molecular formula is C2H5AsO2. The summed E-state index contributed by atoms with van der Waals surface area (Å²) in [6.07, 6.45) is 0. The summed E-state index contributed by atoms with van der Waals surface area (Å²) >= 11 is -2.58. The maximum absolute atomic E-state index is 9.54. The van der Waals surface area contributed by atoms with Gasteiger partial charge in [0.05, 0.1) is 0 Å². The van der Waals surface area contributed by atoms with Crippen LogP contribution in [0.2, 0.25) is 0 Å². The molecule has 0 saturated carbocycles. The molecule has 2 nitrogen and oxygen atoms in total. The molecule has 0 saturated heterocycles. The Morgan fingerprint density at radius 1 is 2.00 bits per heavy atom. The number of hydrogen-bond acceptors (Lipinski definition) is 1. The topological polar surface area (TPSA) is 37.3 Å². The molecule has 1 unspecified atom stereocenters. The van der Waals surface area contributed by atoms with Crippen molar-refractivity contribution in [3.05, 3.63) is 0 Å². The van der Waals surface area contributed by atoms with Crippen molar-refractivity contribution < 1.29 is 7.84 Å². The van der Waals surface area contributed by atoms with Crippen LogP contribution in [0.3, 0.4) is 0 Å². The van der Waals surface area contributed by atoms with E-state index in [2.05, 4.69) is 0 Å². The predicted octanol–water partition coefficient (Wildman–Crippen LogP) is -0.699. The van der Waals surface area contributed by atoms with Crippen molar-refractivity contribution in [2.24, 2.45) is 0 Å². The van der Waals surface area contributed by atoms with Crippen LogP contribution in [-0.4, -0.2) is 23.4 Å². The molecule has 0 radical (unpaired) electrons. The van der Waals surface area contributed by atoms with E-state index in [1.54, 1.807) is 6.92 Å². The minimum absolute atomic E-state index is 1.31. The first-order valence-electron chi connectivity index (χ1n) is 1.22. The van der Waals surface area contributed by atoms with Crippen LogP contribution in [0.1, 0.15) is 6.92 Å². The van der Waals surface area contributed by atoms with E-state index in [0.29, 0.717) is 0 Å². The fraction of sp³-hybridized carbons (Fsp3) is 0.500. The first-order chi connectivity index (χ1) is 2.27. The van der Waals surface area contributed by atoms with Gasteiger partial charge in [-0.05, 0) is 0 Å². The summed E-state index contributed by atoms with van der Waals surface area (Å²) in [5, 5.41) is 0. The molecular weight excluding hydrogens is 131 g/mol. The predicted molar refractivity (Wildman–Crippen MR) is 20.4 cm³/mol. The van der Waals surface area contributed by atoms with Gasteiger partial charge < -0.3 is 0 Å². The van der Waals surface area contributed by atoms with E-state index in [-0.39, 0.29) is 0 Å². The first-order valence-corrected chi connectivity index (χ1v) is 3.91. The first kappa shape index (κ1) is 5.19. The quantitative estimate of drug-likeness (QED) is 0.447. The van der Waals surface area contributed by atoms with Gasteiger partial charge in [-0.1, -0.05) is 0 Å². The Hall–Kier alpha value is 0.188. The number of hydrogen-bond donors (Lipinski definition) is 1. The van der Waals surface area contributed by atoms with Gasteiger partial charge in [0.1, 0.15) is 0 Å². The second-order valence-corrected chi connectivity index (χ2v) is 2.91. The zero-order valence-corrected chi connectivity index (χ0v) is 4.76. The molecule has 0 bridgehead atoms. The summed E-state index contributed by atoms with van der Waals surface area (Å²) in [4.78, 5) is 1.31. The summed E-state index contributed by atoms with van der Waals surface area (Å²) in [5.41, 5.74) is 0. The molecule has 0 aliphatic carbocycles. The van der Waals surface area contributed by atoms with Crippen LogP contribution in [0.25, 0.3) is 0 Å². The summed E-state index contributed by atoms with van der Waals surface area (Å²) in [6, 6.07) is 0. The van der Waals surface area contributed by atoms with Gasteiger partial charge in [-0.2, -0.15) is 0 Å². The van der Waals surface area contributed by atoms with Crippen LogP contribution in [0.4, 0.5) is 0 Å². The average Bonchev–Trinajstić information content (AvgIpc) is 1.38. The normalized spacial score (nSPS) is 12.0. The standard InChI is InChI=1S/C2H5AsO2/c1-2-3(4)5/h2H,1H3,(H,4,5). The van der Waals surface area contributed by atoms with Gasteiger partial charge in [-0.15, -0.1) is 0 Å². The van der Waals surface area contributed by atoms with Crippen molar-refractivity contribution in [1.29, 1.82) is 0 Å². The van der Waals surface area contributed by atoms with Gasteiger partial charge in [-0.25, -0.2) is 0 Å². The molecule has 0 aromatic heterocycles. The monoisotopic (exact) mass is 136 g/mol. The van der Waals surface area contributed by atoms with Gasteiger partial charge in [0.2, 0.25) is 0 Å². The van der Waals surface area contributed by atoms with Gasteiger partial charge >= 0.3 is 34.1 Å². The molecule has 1 atom stereocenters. The van der Waals surface area contributed by atoms with Gasteiger partial charge in [-0.3, -0.25) is 0 Å². The van der Waals surface area contributed by atoms with E-state index in [0.717, 1.165) is 0 Å². The Morgan fingerprint density at radius 2 is 2.20 bits per heavy atom. The summed E-state index contributed by atoms with van der Waals surface area (Å²) in [5.74, 6) is 0. The summed E-state index contributed by atoms with van der Waals surface area (Å²) < 4.78 is 17.4. The van der Waals surface area contributed by atoms with Gasteiger partial charge in [0.25, 0.3) is 0 Å². The van der Waals surface area contributed by atoms with Gasteiger partial charge in [0, 0.05) is 0 Å². The fourth-order valence-electron chi connectivity index (χ4n) is 0. The fourth-order valence-corrected chi connectivity index (χ4v) is 0. The molecule has 0 fully saturated rings. The van der Waals surface area contributed by atoms with Crippen molar-refractivity contribution in [3.8, 4) is 0 Å².